The van der Waals surface area contributed by atoms with Gasteiger partial charge in [-0.2, -0.15) is 0 Å². The van der Waals surface area contributed by atoms with E-state index in [2.05, 4.69) is 4.90 Å². The predicted octanol–water partition coefficient (Wildman–Crippen LogP) is 4.14. The Balaban J connectivity index is 1.82. The normalized spacial score (nSPS) is 18.2. The Labute approximate surface area is 157 Å². The largest absolute Gasteiger partial charge is 0.366 e. The van der Waals surface area contributed by atoms with Gasteiger partial charge in [0.25, 0.3) is 11.8 Å². The van der Waals surface area contributed by atoms with Crippen LogP contribution in [0.3, 0.4) is 0 Å². The van der Waals surface area contributed by atoms with Crippen molar-refractivity contribution in [1.82, 2.24) is 4.90 Å². The monoisotopic (exact) mass is 366 g/mol. The first-order chi connectivity index (χ1) is 12.6. The fourth-order valence-corrected chi connectivity index (χ4v) is 4.65. The fraction of sp³-hybridized carbons (Fsp3) is 0.333. The Morgan fingerprint density at radius 2 is 1.62 bits per heavy atom. The summed E-state index contributed by atoms with van der Waals surface area (Å²) < 4.78 is 0. The lowest BCUT2D eigenvalue weighted by atomic mass is 10.1. The van der Waals surface area contributed by atoms with E-state index in [9.17, 15) is 9.59 Å². The van der Waals surface area contributed by atoms with Crippen LogP contribution in [0.2, 0.25) is 0 Å². The summed E-state index contributed by atoms with van der Waals surface area (Å²) in [5.74, 6) is -0.395. The van der Waals surface area contributed by atoms with Crippen LogP contribution in [0.25, 0.3) is 5.57 Å². The average Bonchev–Trinajstić information content (AvgIpc) is 3.21. The van der Waals surface area contributed by atoms with Crippen molar-refractivity contribution < 1.29 is 9.59 Å². The van der Waals surface area contributed by atoms with Crippen molar-refractivity contribution in [2.75, 3.05) is 18.0 Å². The third kappa shape index (κ3) is 2.86. The highest BCUT2D eigenvalue weighted by Crippen LogP contribution is 2.37. The molecule has 0 atom stereocenters. The molecule has 26 heavy (non-hydrogen) atoms. The van der Waals surface area contributed by atoms with E-state index in [1.165, 1.54) is 22.7 Å². The quantitative estimate of drug-likeness (QED) is 0.767. The zero-order valence-electron chi connectivity index (χ0n) is 15.1. The molecular formula is C21H22N2O2S. The number of amides is 2. The molecule has 2 aliphatic heterocycles. The van der Waals surface area contributed by atoms with Gasteiger partial charge in [-0.25, -0.2) is 4.90 Å². The van der Waals surface area contributed by atoms with Crippen molar-refractivity contribution >= 4 is 34.4 Å². The summed E-state index contributed by atoms with van der Waals surface area (Å²) >= 11 is 1.51. The van der Waals surface area contributed by atoms with Gasteiger partial charge in [-0.3, -0.25) is 9.59 Å². The lowest BCUT2D eigenvalue weighted by Gasteiger charge is -2.29. The van der Waals surface area contributed by atoms with Gasteiger partial charge < -0.3 is 4.90 Å². The topological polar surface area (TPSA) is 40.6 Å². The van der Waals surface area contributed by atoms with E-state index in [0.29, 0.717) is 17.0 Å². The fourth-order valence-electron chi connectivity index (χ4n) is 3.89. The van der Waals surface area contributed by atoms with E-state index >= 15 is 0 Å². The second-order valence-electron chi connectivity index (χ2n) is 7.04. The van der Waals surface area contributed by atoms with Gasteiger partial charge in [-0.15, -0.1) is 11.3 Å². The Bertz CT molecular complexity index is 872. The van der Waals surface area contributed by atoms with Gasteiger partial charge in [0.15, 0.2) is 0 Å². The maximum absolute atomic E-state index is 13.4. The molecule has 1 saturated heterocycles. The summed E-state index contributed by atoms with van der Waals surface area (Å²) in [6.45, 7) is 5.65. The van der Waals surface area contributed by atoms with E-state index in [1.807, 2.05) is 49.6 Å². The number of aryl methyl sites for hydroxylation is 2. The highest BCUT2D eigenvalue weighted by molar-refractivity contribution is 7.11. The molecule has 0 aliphatic carbocycles. The Morgan fingerprint density at radius 3 is 2.23 bits per heavy atom. The Kier molecular flexibility index (Phi) is 4.41. The molecule has 0 N–H and O–H groups in total. The molecule has 134 valence electrons. The number of imide groups is 1. The van der Waals surface area contributed by atoms with Crippen LogP contribution in [0.4, 0.5) is 5.69 Å². The number of likely N-dealkylation sites (tertiary alicyclic amines) is 1. The summed E-state index contributed by atoms with van der Waals surface area (Å²) in [6, 6.07) is 9.73. The minimum atomic E-state index is -0.206. The summed E-state index contributed by atoms with van der Waals surface area (Å²) in [5, 5.41) is 1.95. The number of carbonyl (C=O) groups excluding carboxylic acids is 2. The lowest BCUT2D eigenvalue weighted by molar-refractivity contribution is -0.120. The van der Waals surface area contributed by atoms with Crippen molar-refractivity contribution in [3.63, 3.8) is 0 Å². The lowest BCUT2D eigenvalue weighted by Crippen LogP contribution is -2.37. The SMILES string of the molecule is Cc1cc(C)cc(N2C(=O)C(c3cccs3)=C(N3CCCCC3)C2=O)c1. The van der Waals surface area contributed by atoms with Crippen molar-refractivity contribution in [3.8, 4) is 0 Å². The second kappa shape index (κ2) is 6.72. The highest BCUT2D eigenvalue weighted by Gasteiger charge is 2.43. The van der Waals surface area contributed by atoms with Crippen LogP contribution in [0.15, 0.2) is 41.4 Å². The van der Waals surface area contributed by atoms with Gasteiger partial charge in [0.05, 0.1) is 11.3 Å². The minimum Gasteiger partial charge on any atom is -0.366 e. The number of hydrogen-bond acceptors (Lipinski definition) is 4. The number of thiophene rings is 1. The summed E-state index contributed by atoms with van der Waals surface area (Å²) in [7, 11) is 0. The van der Waals surface area contributed by atoms with Crippen LogP contribution in [0, 0.1) is 13.8 Å². The Hall–Kier alpha value is -2.40. The molecular weight excluding hydrogens is 344 g/mol. The van der Waals surface area contributed by atoms with Crippen molar-refractivity contribution in [1.29, 1.82) is 0 Å². The average molecular weight is 366 g/mol. The van der Waals surface area contributed by atoms with Gasteiger partial charge in [0, 0.05) is 18.0 Å². The molecule has 1 fully saturated rings. The van der Waals surface area contributed by atoms with Crippen LogP contribution in [-0.4, -0.2) is 29.8 Å². The van der Waals surface area contributed by atoms with E-state index in [-0.39, 0.29) is 11.8 Å². The van der Waals surface area contributed by atoms with Crippen LogP contribution >= 0.6 is 11.3 Å². The molecule has 4 nitrogen and oxygen atoms in total. The standard InChI is InChI=1S/C21H22N2O2S/c1-14-11-15(2)13-16(12-14)23-20(24)18(17-7-6-10-26-17)19(21(23)25)22-8-4-3-5-9-22/h6-7,10-13H,3-5,8-9H2,1-2H3. The number of piperidine rings is 1. The maximum atomic E-state index is 13.4. The molecule has 2 aliphatic rings. The third-order valence-corrected chi connectivity index (χ3v) is 5.85. The van der Waals surface area contributed by atoms with Crippen molar-refractivity contribution in [2.45, 2.75) is 33.1 Å². The first kappa shape index (κ1) is 17.0. The maximum Gasteiger partial charge on any atom is 0.282 e. The van der Waals surface area contributed by atoms with Gasteiger partial charge in [0.1, 0.15) is 5.70 Å². The first-order valence-electron chi connectivity index (χ1n) is 9.06. The highest BCUT2D eigenvalue weighted by atomic mass is 32.1. The number of anilines is 1. The van der Waals surface area contributed by atoms with Crippen molar-refractivity contribution in [3.05, 3.63) is 57.4 Å². The van der Waals surface area contributed by atoms with Crippen molar-refractivity contribution in [2.24, 2.45) is 0 Å². The van der Waals surface area contributed by atoms with Gasteiger partial charge in [-0.1, -0.05) is 12.1 Å². The van der Waals surface area contributed by atoms with Gasteiger partial charge in [-0.05, 0) is 67.8 Å². The number of carbonyl (C=O) groups is 2. The molecule has 1 aromatic carbocycles. The summed E-state index contributed by atoms with van der Waals surface area (Å²) in [4.78, 5) is 31.0. The molecule has 0 radical (unpaired) electrons. The molecule has 5 heteroatoms. The van der Waals surface area contributed by atoms with Crippen LogP contribution in [-0.2, 0) is 9.59 Å². The minimum absolute atomic E-state index is 0.190. The molecule has 2 aromatic rings. The Morgan fingerprint density at radius 1 is 0.923 bits per heavy atom. The molecule has 2 amide bonds. The number of benzene rings is 1. The van der Waals surface area contributed by atoms with Gasteiger partial charge in [0.2, 0.25) is 0 Å². The van der Waals surface area contributed by atoms with Crippen LogP contribution < -0.4 is 4.90 Å². The summed E-state index contributed by atoms with van der Waals surface area (Å²) in [5.41, 5.74) is 3.90. The molecule has 0 unspecified atom stereocenters. The number of nitrogens with zero attached hydrogens (tertiary/aromatic N) is 2. The van der Waals surface area contributed by atoms with Crippen LogP contribution in [0.1, 0.15) is 35.3 Å². The van der Waals surface area contributed by atoms with Crippen LogP contribution in [0.5, 0.6) is 0 Å². The molecule has 0 bridgehead atoms. The third-order valence-electron chi connectivity index (χ3n) is 4.96. The zero-order valence-corrected chi connectivity index (χ0v) is 15.9. The van der Waals surface area contributed by atoms with Gasteiger partial charge >= 0.3 is 0 Å². The molecule has 1 aromatic heterocycles. The number of hydrogen-bond donors (Lipinski definition) is 0. The summed E-state index contributed by atoms with van der Waals surface area (Å²) in [6.07, 6.45) is 3.31. The van der Waals surface area contributed by atoms with E-state index < -0.39 is 0 Å². The first-order valence-corrected chi connectivity index (χ1v) is 9.94. The van der Waals surface area contributed by atoms with E-state index in [4.69, 9.17) is 0 Å². The second-order valence-corrected chi connectivity index (χ2v) is 7.99. The number of rotatable bonds is 3. The predicted molar refractivity (Wildman–Crippen MR) is 105 cm³/mol. The van der Waals surface area contributed by atoms with E-state index in [1.54, 1.807) is 0 Å². The zero-order chi connectivity index (χ0) is 18.3. The molecule has 0 saturated carbocycles. The molecule has 4 rings (SSSR count). The molecule has 3 heterocycles. The van der Waals surface area contributed by atoms with E-state index in [0.717, 1.165) is 41.9 Å². The smallest absolute Gasteiger partial charge is 0.282 e. The molecule has 0 spiro atoms.